The quantitative estimate of drug-likeness (QED) is 0.504. The van der Waals surface area contributed by atoms with Gasteiger partial charge >= 0.3 is 0 Å². The van der Waals surface area contributed by atoms with Gasteiger partial charge in [-0.2, -0.15) is 0 Å². The number of likely N-dealkylation sites (tertiary alicyclic amines) is 1. The van der Waals surface area contributed by atoms with Gasteiger partial charge in [0, 0.05) is 18.1 Å². The molecule has 1 aliphatic heterocycles. The first-order valence-electron chi connectivity index (χ1n) is 10.4. The number of anilines is 1. The first-order chi connectivity index (χ1) is 15.1. The highest BCUT2D eigenvalue weighted by molar-refractivity contribution is 6.31. The van der Waals surface area contributed by atoms with Crippen LogP contribution in [0.25, 0.3) is 0 Å². The van der Waals surface area contributed by atoms with E-state index in [9.17, 15) is 9.18 Å². The first kappa shape index (κ1) is 21.3. The fraction of sp³-hybridized carbons (Fsp3) is 0.240. The summed E-state index contributed by atoms with van der Waals surface area (Å²) in [5.41, 5.74) is 1.59. The summed E-state index contributed by atoms with van der Waals surface area (Å²) in [6.45, 7) is 2.27. The first-order valence-corrected chi connectivity index (χ1v) is 10.7. The Bertz CT molecular complexity index is 1030. The smallest absolute Gasteiger partial charge is 0.228 e. The van der Waals surface area contributed by atoms with E-state index >= 15 is 0 Å². The minimum atomic E-state index is -0.241. The zero-order chi connectivity index (χ0) is 21.6. The Morgan fingerprint density at radius 1 is 1.10 bits per heavy atom. The van der Waals surface area contributed by atoms with Gasteiger partial charge in [-0.15, -0.1) is 0 Å². The summed E-state index contributed by atoms with van der Waals surface area (Å²) in [6.07, 6.45) is 1.75. The van der Waals surface area contributed by atoms with E-state index in [1.54, 1.807) is 30.3 Å². The fourth-order valence-electron chi connectivity index (χ4n) is 3.80. The van der Waals surface area contributed by atoms with Crippen molar-refractivity contribution in [3.63, 3.8) is 0 Å². The molecule has 3 aromatic carbocycles. The molecule has 3 aromatic rings. The predicted octanol–water partition coefficient (Wildman–Crippen LogP) is 6.12. The molecule has 31 heavy (non-hydrogen) atoms. The van der Waals surface area contributed by atoms with Gasteiger partial charge in [-0.1, -0.05) is 41.9 Å². The zero-order valence-electron chi connectivity index (χ0n) is 17.1. The number of para-hydroxylation sites is 1. The van der Waals surface area contributed by atoms with Gasteiger partial charge in [-0.3, -0.25) is 9.69 Å². The Kier molecular flexibility index (Phi) is 6.85. The van der Waals surface area contributed by atoms with Crippen LogP contribution >= 0.6 is 11.6 Å². The van der Waals surface area contributed by atoms with Crippen LogP contribution in [0, 0.1) is 11.7 Å². The van der Waals surface area contributed by atoms with Crippen LogP contribution in [0.2, 0.25) is 5.02 Å². The van der Waals surface area contributed by atoms with Crippen LogP contribution in [0.5, 0.6) is 11.5 Å². The van der Waals surface area contributed by atoms with E-state index < -0.39 is 0 Å². The highest BCUT2D eigenvalue weighted by Crippen LogP contribution is 2.33. The maximum Gasteiger partial charge on any atom is 0.228 e. The Hall–Kier alpha value is -2.89. The third kappa shape index (κ3) is 5.84. The van der Waals surface area contributed by atoms with Crippen molar-refractivity contribution in [1.29, 1.82) is 0 Å². The molecule has 0 saturated carbocycles. The number of hydrogen-bond donors (Lipinski definition) is 1. The average Bonchev–Trinajstić information content (AvgIpc) is 2.78. The lowest BCUT2D eigenvalue weighted by Crippen LogP contribution is -2.40. The van der Waals surface area contributed by atoms with E-state index in [0.717, 1.165) is 24.9 Å². The molecular weight excluding hydrogens is 415 g/mol. The van der Waals surface area contributed by atoms with Crippen molar-refractivity contribution in [3.8, 4) is 11.5 Å². The van der Waals surface area contributed by atoms with Gasteiger partial charge in [0.1, 0.15) is 11.6 Å². The number of rotatable bonds is 6. The van der Waals surface area contributed by atoms with Crippen LogP contribution in [0.1, 0.15) is 18.4 Å². The molecule has 4 rings (SSSR count). The Morgan fingerprint density at radius 2 is 1.87 bits per heavy atom. The second-order valence-electron chi connectivity index (χ2n) is 7.75. The number of amides is 1. The predicted molar refractivity (Wildman–Crippen MR) is 121 cm³/mol. The summed E-state index contributed by atoms with van der Waals surface area (Å²) in [6, 6.07) is 21.1. The number of ether oxygens (including phenoxy) is 1. The summed E-state index contributed by atoms with van der Waals surface area (Å²) in [4.78, 5) is 15.3. The summed E-state index contributed by atoms with van der Waals surface area (Å²) in [5.74, 6) is 0.794. The standard InChI is InChI=1S/C25H24ClFN2O2/c26-20-10-13-24(31-22-6-2-1-3-7-22)23(15-20)28-25(30)19-5-4-14-29(17-19)16-18-8-11-21(27)12-9-18/h1-3,6-13,15,19H,4-5,14,16-17H2,(H,28,30)/t19-/m1/s1. The molecule has 1 aliphatic rings. The van der Waals surface area contributed by atoms with Crippen LogP contribution in [-0.2, 0) is 11.3 Å². The van der Waals surface area contributed by atoms with E-state index in [0.29, 0.717) is 35.3 Å². The van der Waals surface area contributed by atoms with Gasteiger partial charge in [0.25, 0.3) is 0 Å². The summed E-state index contributed by atoms with van der Waals surface area (Å²) in [7, 11) is 0. The highest BCUT2D eigenvalue weighted by atomic mass is 35.5. The number of benzene rings is 3. The van der Waals surface area contributed by atoms with Crippen LogP contribution in [0.15, 0.2) is 72.8 Å². The molecular formula is C25H24ClFN2O2. The lowest BCUT2D eigenvalue weighted by atomic mass is 9.96. The zero-order valence-corrected chi connectivity index (χ0v) is 17.8. The van der Waals surface area contributed by atoms with E-state index in [-0.39, 0.29) is 17.6 Å². The van der Waals surface area contributed by atoms with Crippen molar-refractivity contribution in [1.82, 2.24) is 4.90 Å². The van der Waals surface area contributed by atoms with Crippen molar-refractivity contribution < 1.29 is 13.9 Å². The maximum absolute atomic E-state index is 13.2. The average molecular weight is 439 g/mol. The largest absolute Gasteiger partial charge is 0.455 e. The third-order valence-electron chi connectivity index (χ3n) is 5.37. The van der Waals surface area contributed by atoms with E-state index in [1.165, 1.54) is 12.1 Å². The van der Waals surface area contributed by atoms with Crippen LogP contribution in [0.4, 0.5) is 10.1 Å². The second kappa shape index (κ2) is 9.94. The van der Waals surface area contributed by atoms with E-state index in [1.807, 2.05) is 30.3 Å². The Morgan fingerprint density at radius 3 is 2.65 bits per heavy atom. The molecule has 4 nitrogen and oxygen atoms in total. The number of halogens is 2. The molecule has 1 N–H and O–H groups in total. The summed E-state index contributed by atoms with van der Waals surface area (Å²) in [5, 5.41) is 3.53. The van der Waals surface area contributed by atoms with Crippen LogP contribution in [-0.4, -0.2) is 23.9 Å². The second-order valence-corrected chi connectivity index (χ2v) is 8.18. The normalized spacial score (nSPS) is 16.6. The van der Waals surface area contributed by atoms with Gasteiger partial charge in [0.05, 0.1) is 11.6 Å². The van der Waals surface area contributed by atoms with E-state index in [2.05, 4.69) is 10.2 Å². The molecule has 0 spiro atoms. The molecule has 160 valence electrons. The van der Waals surface area contributed by atoms with Crippen LogP contribution < -0.4 is 10.1 Å². The summed E-state index contributed by atoms with van der Waals surface area (Å²) < 4.78 is 19.1. The van der Waals surface area contributed by atoms with E-state index in [4.69, 9.17) is 16.3 Å². The molecule has 0 aliphatic carbocycles. The number of carbonyl (C=O) groups is 1. The highest BCUT2D eigenvalue weighted by Gasteiger charge is 2.26. The van der Waals surface area contributed by atoms with Gasteiger partial charge in [0.2, 0.25) is 5.91 Å². The van der Waals surface area contributed by atoms with Crippen LogP contribution in [0.3, 0.4) is 0 Å². The van der Waals surface area contributed by atoms with Crippen molar-refractivity contribution in [2.24, 2.45) is 5.92 Å². The molecule has 1 heterocycles. The monoisotopic (exact) mass is 438 g/mol. The topological polar surface area (TPSA) is 41.6 Å². The lowest BCUT2D eigenvalue weighted by molar-refractivity contribution is -0.121. The van der Waals surface area contributed by atoms with Gasteiger partial charge < -0.3 is 10.1 Å². The molecule has 1 saturated heterocycles. The number of hydrogen-bond acceptors (Lipinski definition) is 3. The Balaban J connectivity index is 1.42. The van der Waals surface area contributed by atoms with Gasteiger partial charge in [0.15, 0.2) is 5.75 Å². The number of nitrogens with one attached hydrogen (secondary N) is 1. The summed E-state index contributed by atoms with van der Waals surface area (Å²) >= 11 is 6.17. The third-order valence-corrected chi connectivity index (χ3v) is 5.60. The van der Waals surface area contributed by atoms with Crippen molar-refractivity contribution in [2.45, 2.75) is 19.4 Å². The SMILES string of the molecule is O=C(Nc1cc(Cl)ccc1Oc1ccccc1)[C@@H]1CCCN(Cc2ccc(F)cc2)C1. The molecule has 1 atom stereocenters. The van der Waals surface area contributed by atoms with Gasteiger partial charge in [-0.25, -0.2) is 4.39 Å². The number of carbonyl (C=O) groups excluding carboxylic acids is 1. The van der Waals surface area contributed by atoms with Gasteiger partial charge in [-0.05, 0) is 67.4 Å². The molecule has 0 bridgehead atoms. The lowest BCUT2D eigenvalue weighted by Gasteiger charge is -2.32. The molecule has 1 amide bonds. The van der Waals surface area contributed by atoms with Crippen molar-refractivity contribution >= 4 is 23.2 Å². The number of piperidine rings is 1. The van der Waals surface area contributed by atoms with Crippen molar-refractivity contribution in [3.05, 3.63) is 89.2 Å². The minimum Gasteiger partial charge on any atom is -0.455 e. The molecule has 0 unspecified atom stereocenters. The molecule has 6 heteroatoms. The molecule has 0 radical (unpaired) electrons. The minimum absolute atomic E-state index is 0.0519. The van der Waals surface area contributed by atoms with Crippen molar-refractivity contribution in [2.75, 3.05) is 18.4 Å². The fourth-order valence-corrected chi connectivity index (χ4v) is 3.97. The molecule has 0 aromatic heterocycles. The maximum atomic E-state index is 13.2. The number of nitrogens with zero attached hydrogens (tertiary/aromatic N) is 1. The Labute approximate surface area is 186 Å². The molecule has 1 fully saturated rings.